The van der Waals surface area contributed by atoms with E-state index in [0.29, 0.717) is 5.78 Å². The van der Waals surface area contributed by atoms with Gasteiger partial charge in [-0.2, -0.15) is 0 Å². The molecule has 16 heavy (non-hydrogen) atoms. The van der Waals surface area contributed by atoms with Gasteiger partial charge in [0.15, 0.2) is 0 Å². The molecule has 86 valence electrons. The number of fused-ring (bicyclic) bond motifs is 10. The van der Waals surface area contributed by atoms with E-state index >= 15 is 0 Å². The average molecular weight is 273 g/mol. The minimum atomic E-state index is -2.74. The van der Waals surface area contributed by atoms with Crippen LogP contribution in [-0.2, 0) is 6.51 Å². The molecule has 0 saturated carbocycles. The summed E-state index contributed by atoms with van der Waals surface area (Å²) < 4.78 is 1.05. The first kappa shape index (κ1) is 6.20. The van der Waals surface area contributed by atoms with Gasteiger partial charge in [-0.1, -0.05) is 0 Å². The van der Waals surface area contributed by atoms with Crippen molar-refractivity contribution in [1.82, 2.24) is 0 Å². The standard InChI is InChI=1S/C8H11NP.C5H5.Fe/c1-2-8(9)10-7-5-3-4-6-7;1-2-4-5-3-1;/h2-6,8,10H,1,9H2;1-5H;. The summed E-state index contributed by atoms with van der Waals surface area (Å²) in [5, 5.41) is 0. The first-order valence-electron chi connectivity index (χ1n) is 6.87. The van der Waals surface area contributed by atoms with Crippen LogP contribution in [0.2, 0.25) is 43.3 Å². The molecule has 10 saturated heterocycles. The molecule has 0 aromatic carbocycles. The van der Waals surface area contributed by atoms with Gasteiger partial charge >= 0.3 is 86.7 Å². The summed E-state index contributed by atoms with van der Waals surface area (Å²) in [6.07, 6.45) is 2.06. The fraction of sp³-hybridized carbons (Fsp3) is 0.846. The monoisotopic (exact) mass is 273 g/mol. The molecule has 10 heterocycles. The van der Waals surface area contributed by atoms with Crippen LogP contribution < -0.4 is 5.73 Å². The minimum absolute atomic E-state index is 0.375. The van der Waals surface area contributed by atoms with E-state index in [0.717, 1.165) is 12.6 Å². The fourth-order valence-electron chi connectivity index (χ4n) is 16.9. The summed E-state index contributed by atoms with van der Waals surface area (Å²) in [4.78, 5) is 13.1. The Morgan fingerprint density at radius 3 is 1.81 bits per heavy atom. The molecule has 1 nitrogen and oxygen atoms in total. The van der Waals surface area contributed by atoms with Gasteiger partial charge < -0.3 is 0 Å². The second-order valence-corrected chi connectivity index (χ2v) is 36.4. The van der Waals surface area contributed by atoms with Crippen molar-refractivity contribution in [2.24, 2.45) is 5.73 Å². The van der Waals surface area contributed by atoms with Gasteiger partial charge in [0.05, 0.1) is 0 Å². The van der Waals surface area contributed by atoms with Crippen molar-refractivity contribution >= 4 is 8.58 Å². The third kappa shape index (κ3) is 0.0561. The number of nitrogens with two attached hydrogens (primary N) is 1. The molecule has 10 rings (SSSR count). The molecule has 0 aromatic heterocycles. The van der Waals surface area contributed by atoms with Crippen molar-refractivity contribution in [1.29, 1.82) is 0 Å². The summed E-state index contributed by atoms with van der Waals surface area (Å²) in [6, 6.07) is 0. The van der Waals surface area contributed by atoms with Crippen molar-refractivity contribution in [3.05, 3.63) is 12.7 Å². The molecular formula is C13H16FeNP. The third-order valence-corrected chi connectivity index (χ3v) is 63.8. The zero-order valence-electron chi connectivity index (χ0n) is 8.99. The summed E-state index contributed by atoms with van der Waals surface area (Å²) in [7, 11) is 1.14. The van der Waals surface area contributed by atoms with E-state index in [-0.39, 0.29) is 0 Å². The van der Waals surface area contributed by atoms with E-state index in [2.05, 4.69) is 12.7 Å². The van der Waals surface area contributed by atoms with Gasteiger partial charge in [0.1, 0.15) is 0 Å². The average Bonchev–Trinajstić information content (AvgIpc) is 3.23. The van der Waals surface area contributed by atoms with Crippen molar-refractivity contribution in [3.63, 3.8) is 0 Å². The molecule has 0 radical (unpaired) electrons. The molecule has 2 N–H and O–H groups in total. The van der Waals surface area contributed by atoms with Crippen LogP contribution in [0.15, 0.2) is 12.7 Å². The van der Waals surface area contributed by atoms with Gasteiger partial charge in [0, 0.05) is 0 Å². The third-order valence-electron chi connectivity index (χ3n) is 15.3. The van der Waals surface area contributed by atoms with Crippen LogP contribution >= 0.6 is 8.58 Å². The Kier molecular flexibility index (Phi) is 0.186. The normalized spacial score (nSPS) is 128. The van der Waals surface area contributed by atoms with Gasteiger partial charge in [-0.25, -0.2) is 0 Å². The van der Waals surface area contributed by atoms with E-state index < -0.39 is 6.51 Å². The predicted molar refractivity (Wildman–Crippen MR) is 63.0 cm³/mol. The van der Waals surface area contributed by atoms with Crippen molar-refractivity contribution in [2.45, 2.75) is 53.2 Å². The first-order chi connectivity index (χ1) is 7.50. The van der Waals surface area contributed by atoms with Crippen LogP contribution in [0.4, 0.5) is 0 Å². The van der Waals surface area contributed by atoms with Gasteiger partial charge in [-0.15, -0.1) is 0 Å². The van der Waals surface area contributed by atoms with Gasteiger partial charge in [-0.05, 0) is 0 Å². The Balaban J connectivity index is 1.58. The maximum atomic E-state index is 6.29. The molecule has 0 aliphatic carbocycles. The van der Waals surface area contributed by atoms with Crippen LogP contribution in [0.25, 0.3) is 0 Å². The predicted octanol–water partition coefficient (Wildman–Crippen LogP) is 3.43. The quantitative estimate of drug-likeness (QED) is 0.476. The van der Waals surface area contributed by atoms with Crippen LogP contribution in [0.3, 0.4) is 0 Å². The molecule has 3 heteroatoms. The van der Waals surface area contributed by atoms with Crippen LogP contribution in [0, 0.1) is 0 Å². The Morgan fingerprint density at radius 2 is 1.56 bits per heavy atom. The molecule has 0 bridgehead atoms. The first-order valence-corrected chi connectivity index (χ1v) is 14.2. The summed E-state index contributed by atoms with van der Waals surface area (Å²) >= 11 is 0. The zero-order valence-corrected chi connectivity index (χ0v) is 11.1. The van der Waals surface area contributed by atoms with Crippen LogP contribution in [-0.4, -0.2) is 9.84 Å². The van der Waals surface area contributed by atoms with Gasteiger partial charge in [0.2, 0.25) is 0 Å². The van der Waals surface area contributed by atoms with Crippen molar-refractivity contribution in [3.8, 4) is 0 Å². The van der Waals surface area contributed by atoms with E-state index in [4.69, 9.17) is 5.73 Å². The fourth-order valence-corrected chi connectivity index (χ4v) is 103. The Morgan fingerprint density at radius 1 is 1.06 bits per heavy atom. The summed E-state index contributed by atoms with van der Waals surface area (Å²) in [6.45, 7) is 1.21. The maximum absolute atomic E-state index is 6.29. The molecule has 6 atom stereocenters. The molecule has 0 amide bonds. The van der Waals surface area contributed by atoms with E-state index in [1.807, 2.05) is 0 Å². The molecule has 10 aliphatic rings. The van der Waals surface area contributed by atoms with Crippen molar-refractivity contribution in [2.75, 3.05) is 0 Å². The zero-order chi connectivity index (χ0) is 10.0. The van der Waals surface area contributed by atoms with Crippen molar-refractivity contribution < 1.29 is 6.51 Å². The molecule has 10 fully saturated rings. The Hall–Kier alpha value is 0.649. The number of hydrogen-bond acceptors (Lipinski definition) is 1. The SMILES string of the molecule is C=CC(N)P[C]12[CH]3[CH]4[CH]5[CH]1[Fe]45321678[CH]2[CH]1[CH]6[CH]7[CH]28. The summed E-state index contributed by atoms with van der Waals surface area (Å²) in [5.41, 5.74) is 6.29. The van der Waals surface area contributed by atoms with E-state index in [9.17, 15) is 0 Å². The van der Waals surface area contributed by atoms with E-state index in [1.165, 1.54) is 43.3 Å². The summed E-state index contributed by atoms with van der Waals surface area (Å²) in [5.74, 6) is 0.375. The van der Waals surface area contributed by atoms with Crippen LogP contribution in [0.1, 0.15) is 0 Å². The second kappa shape index (κ2) is 0.480. The molecular weight excluding hydrogens is 257 g/mol. The molecule has 0 aromatic rings. The van der Waals surface area contributed by atoms with Crippen LogP contribution in [0.5, 0.6) is 0 Å². The topological polar surface area (TPSA) is 26.0 Å². The molecule has 6 unspecified atom stereocenters. The molecule has 10 aliphatic heterocycles. The van der Waals surface area contributed by atoms with Gasteiger partial charge in [-0.3, -0.25) is 0 Å². The number of hydrogen-bond donors (Lipinski definition) is 1. The number of rotatable bonds is 3. The Labute approximate surface area is 86.7 Å². The van der Waals surface area contributed by atoms with Gasteiger partial charge in [0.25, 0.3) is 0 Å². The van der Waals surface area contributed by atoms with E-state index in [1.54, 1.807) is 0 Å². The Bertz CT molecular complexity index is 868. The molecule has 1 spiro atoms. The second-order valence-electron chi connectivity index (χ2n) is 10.6.